The van der Waals surface area contributed by atoms with Crippen molar-refractivity contribution in [3.05, 3.63) is 255 Å². The second kappa shape index (κ2) is 16.2. The number of fused-ring (bicyclic) bond motifs is 7. The summed E-state index contributed by atoms with van der Waals surface area (Å²) in [6.07, 6.45) is 0. The number of hydrogen-bond donors (Lipinski definition) is 0. The van der Waals surface area contributed by atoms with Crippen molar-refractivity contribution in [3.8, 4) is 50.2 Å². The fourth-order valence-corrected chi connectivity index (χ4v) is 11.4. The molecule has 314 valence electrons. The monoisotopic (exact) mass is 870 g/mol. The maximum Gasteiger partial charge on any atom is 0.0541 e. The first-order valence-corrected chi connectivity index (χ1v) is 23.7. The number of rotatable bonds is 8. The maximum atomic E-state index is 2.45. The van der Waals surface area contributed by atoms with Gasteiger partial charge in [0.25, 0.3) is 0 Å². The molecule has 0 aliphatic rings. The molecule has 13 rings (SSSR count). The van der Waals surface area contributed by atoms with Gasteiger partial charge in [0.1, 0.15) is 0 Å². The summed E-state index contributed by atoms with van der Waals surface area (Å²) >= 11 is 1.87. The zero-order chi connectivity index (χ0) is 44.3. The molecule has 2 heterocycles. The topological polar surface area (TPSA) is 8.17 Å². The van der Waals surface area contributed by atoms with Gasteiger partial charge >= 0.3 is 0 Å². The van der Waals surface area contributed by atoms with Crippen molar-refractivity contribution < 1.29 is 0 Å². The standard InChI is InChI=1S/C64H42N2S/c1-2-15-43(16-3-1)44-29-34-48(35-30-44)65(49-36-31-46(32-37-49)52-24-14-18-45-17-4-5-19-51(45)52)50-38-40-53(59(42-50)47-33-39-58-57-23-9-13-28-63(57)67-64(58)41-47)54-20-6-10-25-60(54)66-61-26-11-7-21-55(61)56-22-8-12-27-62(56)66/h1-42H. The van der Waals surface area contributed by atoms with E-state index in [1.165, 1.54) is 97.3 Å². The molecule has 67 heavy (non-hydrogen) atoms. The van der Waals surface area contributed by atoms with Crippen LogP contribution in [-0.2, 0) is 0 Å². The van der Waals surface area contributed by atoms with Crippen molar-refractivity contribution in [3.63, 3.8) is 0 Å². The van der Waals surface area contributed by atoms with Crippen LogP contribution < -0.4 is 4.90 Å². The lowest BCUT2D eigenvalue weighted by atomic mass is 9.92. The zero-order valence-electron chi connectivity index (χ0n) is 36.6. The van der Waals surface area contributed by atoms with Gasteiger partial charge in [-0.05, 0) is 116 Å². The Morgan fingerprint density at radius 1 is 0.284 bits per heavy atom. The van der Waals surface area contributed by atoms with E-state index in [1.54, 1.807) is 0 Å². The van der Waals surface area contributed by atoms with E-state index in [-0.39, 0.29) is 0 Å². The van der Waals surface area contributed by atoms with Gasteiger partial charge in [-0.2, -0.15) is 0 Å². The van der Waals surface area contributed by atoms with E-state index in [0.29, 0.717) is 0 Å². The molecular weight excluding hydrogens is 829 g/mol. The molecule has 0 saturated heterocycles. The van der Waals surface area contributed by atoms with E-state index in [0.717, 1.165) is 22.7 Å². The van der Waals surface area contributed by atoms with E-state index in [9.17, 15) is 0 Å². The molecule has 0 aliphatic heterocycles. The summed E-state index contributed by atoms with van der Waals surface area (Å²) < 4.78 is 5.03. The molecule has 0 atom stereocenters. The zero-order valence-corrected chi connectivity index (χ0v) is 37.4. The van der Waals surface area contributed by atoms with Gasteiger partial charge in [-0.15, -0.1) is 11.3 Å². The van der Waals surface area contributed by atoms with Gasteiger partial charge in [0.2, 0.25) is 0 Å². The van der Waals surface area contributed by atoms with Crippen molar-refractivity contribution in [2.24, 2.45) is 0 Å². The largest absolute Gasteiger partial charge is 0.310 e. The Labute approximate surface area is 393 Å². The molecule has 11 aromatic carbocycles. The molecule has 0 amide bonds. The summed E-state index contributed by atoms with van der Waals surface area (Å²) in [5.41, 5.74) is 16.3. The summed E-state index contributed by atoms with van der Waals surface area (Å²) in [7, 11) is 0. The first-order chi connectivity index (χ1) is 33.2. The lowest BCUT2D eigenvalue weighted by molar-refractivity contribution is 1.18. The van der Waals surface area contributed by atoms with Crippen LogP contribution in [0, 0.1) is 0 Å². The van der Waals surface area contributed by atoms with Crippen LogP contribution in [0.15, 0.2) is 255 Å². The van der Waals surface area contributed by atoms with Crippen LogP contribution in [0.5, 0.6) is 0 Å². The average Bonchev–Trinajstić information content (AvgIpc) is 3.95. The fourth-order valence-electron chi connectivity index (χ4n) is 10.3. The third-order valence-corrected chi connectivity index (χ3v) is 14.6. The number of aromatic nitrogens is 1. The first-order valence-electron chi connectivity index (χ1n) is 22.9. The maximum absolute atomic E-state index is 2.45. The summed E-state index contributed by atoms with van der Waals surface area (Å²) in [6.45, 7) is 0. The Balaban J connectivity index is 1.03. The van der Waals surface area contributed by atoms with E-state index >= 15 is 0 Å². The minimum absolute atomic E-state index is 1.08. The van der Waals surface area contributed by atoms with E-state index in [2.05, 4.69) is 264 Å². The number of hydrogen-bond acceptors (Lipinski definition) is 2. The Bertz CT molecular complexity index is 3910. The van der Waals surface area contributed by atoms with Crippen molar-refractivity contribution in [1.29, 1.82) is 0 Å². The van der Waals surface area contributed by atoms with Crippen LogP contribution >= 0.6 is 11.3 Å². The SMILES string of the molecule is c1ccc(-c2ccc(N(c3ccc(-c4cccc5ccccc45)cc3)c3ccc(-c4ccccc4-n4c5ccccc5c5ccccc54)c(-c4ccc5c(c4)sc4ccccc45)c3)cc2)cc1. The highest BCUT2D eigenvalue weighted by molar-refractivity contribution is 7.25. The smallest absolute Gasteiger partial charge is 0.0541 e. The highest BCUT2D eigenvalue weighted by atomic mass is 32.1. The summed E-state index contributed by atoms with van der Waals surface area (Å²) in [6, 6.07) is 93.3. The quantitative estimate of drug-likeness (QED) is 0.148. The molecule has 13 aromatic rings. The first kappa shape index (κ1) is 38.9. The molecule has 2 nitrogen and oxygen atoms in total. The van der Waals surface area contributed by atoms with E-state index in [1.807, 2.05) is 11.3 Å². The van der Waals surface area contributed by atoms with Gasteiger partial charge in [0.15, 0.2) is 0 Å². The second-order valence-corrected chi connectivity index (χ2v) is 18.3. The third kappa shape index (κ3) is 6.71. The van der Waals surface area contributed by atoms with Crippen LogP contribution in [0.25, 0.3) is 103 Å². The number of benzene rings is 11. The van der Waals surface area contributed by atoms with Gasteiger partial charge in [0.05, 0.1) is 16.7 Å². The number of para-hydroxylation sites is 3. The second-order valence-electron chi connectivity index (χ2n) is 17.2. The lowest BCUT2D eigenvalue weighted by Crippen LogP contribution is -2.10. The lowest BCUT2D eigenvalue weighted by Gasteiger charge is -2.27. The van der Waals surface area contributed by atoms with Crippen LogP contribution in [0.2, 0.25) is 0 Å². The van der Waals surface area contributed by atoms with E-state index < -0.39 is 0 Å². The van der Waals surface area contributed by atoms with Crippen molar-refractivity contribution in [2.45, 2.75) is 0 Å². The molecule has 0 spiro atoms. The molecule has 0 aliphatic carbocycles. The Morgan fingerprint density at radius 2 is 0.821 bits per heavy atom. The Morgan fingerprint density at radius 3 is 1.58 bits per heavy atom. The van der Waals surface area contributed by atoms with Gasteiger partial charge < -0.3 is 9.47 Å². The van der Waals surface area contributed by atoms with Crippen LogP contribution in [0.4, 0.5) is 17.1 Å². The molecule has 0 saturated carbocycles. The number of anilines is 3. The van der Waals surface area contributed by atoms with Gasteiger partial charge in [-0.3, -0.25) is 0 Å². The summed E-state index contributed by atoms with van der Waals surface area (Å²) in [5, 5.41) is 7.59. The van der Waals surface area contributed by atoms with Gasteiger partial charge in [0, 0.05) is 53.6 Å². The highest BCUT2D eigenvalue weighted by Gasteiger charge is 2.21. The average molecular weight is 871 g/mol. The predicted octanol–water partition coefficient (Wildman–Crippen LogP) is 18.4. The molecular formula is C64H42N2S. The summed E-state index contributed by atoms with van der Waals surface area (Å²) in [4.78, 5) is 2.41. The predicted molar refractivity (Wildman–Crippen MR) is 288 cm³/mol. The molecule has 0 bridgehead atoms. The van der Waals surface area contributed by atoms with Crippen LogP contribution in [-0.4, -0.2) is 4.57 Å². The minimum Gasteiger partial charge on any atom is -0.310 e. The van der Waals surface area contributed by atoms with E-state index in [4.69, 9.17) is 0 Å². The minimum atomic E-state index is 1.08. The fraction of sp³-hybridized carbons (Fsp3) is 0. The van der Waals surface area contributed by atoms with Crippen molar-refractivity contribution >= 4 is 81.1 Å². The molecule has 0 radical (unpaired) electrons. The Kier molecular flexibility index (Phi) is 9.40. The molecule has 0 unspecified atom stereocenters. The molecule has 3 heteroatoms. The highest BCUT2D eigenvalue weighted by Crippen LogP contribution is 2.46. The summed E-state index contributed by atoms with van der Waals surface area (Å²) in [5.74, 6) is 0. The normalized spacial score (nSPS) is 11.6. The van der Waals surface area contributed by atoms with Crippen molar-refractivity contribution in [2.75, 3.05) is 4.90 Å². The van der Waals surface area contributed by atoms with Gasteiger partial charge in [-0.1, -0.05) is 188 Å². The number of thiophene rings is 1. The van der Waals surface area contributed by atoms with Crippen LogP contribution in [0.1, 0.15) is 0 Å². The molecule has 0 N–H and O–H groups in total. The molecule has 2 aromatic heterocycles. The molecule has 0 fully saturated rings. The third-order valence-electron chi connectivity index (χ3n) is 13.4. The number of nitrogens with zero attached hydrogens (tertiary/aromatic N) is 2. The van der Waals surface area contributed by atoms with Gasteiger partial charge in [-0.25, -0.2) is 0 Å². The van der Waals surface area contributed by atoms with Crippen LogP contribution in [0.3, 0.4) is 0 Å². The Hall–Kier alpha value is -8.50. The van der Waals surface area contributed by atoms with Crippen molar-refractivity contribution in [1.82, 2.24) is 4.57 Å².